The van der Waals surface area contributed by atoms with Gasteiger partial charge < -0.3 is 14.7 Å². The van der Waals surface area contributed by atoms with Gasteiger partial charge in [0.25, 0.3) is 0 Å². The van der Waals surface area contributed by atoms with Crippen molar-refractivity contribution in [1.29, 1.82) is 0 Å². The van der Waals surface area contributed by atoms with Crippen LogP contribution in [0, 0.1) is 0 Å². The van der Waals surface area contributed by atoms with Gasteiger partial charge in [0, 0.05) is 19.7 Å². The molecule has 1 aromatic rings. The van der Waals surface area contributed by atoms with Crippen molar-refractivity contribution < 1.29 is 9.84 Å². The number of aliphatic hydroxyl groups is 1. The molecule has 1 N–H and O–H groups in total. The molecule has 4 nitrogen and oxygen atoms in total. The van der Waals surface area contributed by atoms with Crippen LogP contribution in [0.4, 0.5) is 5.13 Å². The molecular formula is C11H19ClN2O2S. The van der Waals surface area contributed by atoms with Crippen LogP contribution in [-0.2, 0) is 11.3 Å². The molecule has 1 rings (SSSR count). The quantitative estimate of drug-likeness (QED) is 0.833. The van der Waals surface area contributed by atoms with Crippen LogP contribution in [0.2, 0.25) is 5.15 Å². The van der Waals surface area contributed by atoms with Crippen LogP contribution >= 0.6 is 22.9 Å². The van der Waals surface area contributed by atoms with E-state index in [1.807, 2.05) is 0 Å². The Labute approximate surface area is 111 Å². The lowest BCUT2D eigenvalue weighted by atomic mass is 10.2. The minimum Gasteiger partial charge on any atom is -0.391 e. The van der Waals surface area contributed by atoms with E-state index >= 15 is 0 Å². The van der Waals surface area contributed by atoms with Gasteiger partial charge in [0.1, 0.15) is 5.15 Å². The third-order valence-electron chi connectivity index (χ3n) is 2.69. The van der Waals surface area contributed by atoms with Gasteiger partial charge in [-0.25, -0.2) is 4.98 Å². The van der Waals surface area contributed by atoms with Crippen LogP contribution in [0.15, 0.2) is 0 Å². The number of hydrogen-bond donors (Lipinski definition) is 1. The number of nitrogens with zero attached hydrogens (tertiary/aromatic N) is 2. The Kier molecular flexibility index (Phi) is 6.19. The SMILES string of the molecule is CCC(C)N(CCOC)c1nc(Cl)c(CO)s1. The molecule has 0 fully saturated rings. The summed E-state index contributed by atoms with van der Waals surface area (Å²) in [7, 11) is 1.68. The van der Waals surface area contributed by atoms with E-state index in [1.165, 1.54) is 11.3 Å². The van der Waals surface area contributed by atoms with Gasteiger partial charge in [-0.15, -0.1) is 0 Å². The average Bonchev–Trinajstić information content (AvgIpc) is 2.70. The van der Waals surface area contributed by atoms with E-state index in [1.54, 1.807) is 7.11 Å². The average molecular weight is 279 g/mol. The summed E-state index contributed by atoms with van der Waals surface area (Å²) >= 11 is 7.39. The topological polar surface area (TPSA) is 45.6 Å². The molecule has 0 amide bonds. The molecule has 1 unspecified atom stereocenters. The van der Waals surface area contributed by atoms with E-state index in [-0.39, 0.29) is 6.61 Å². The maximum absolute atomic E-state index is 9.13. The Hall–Kier alpha value is -0.360. The van der Waals surface area contributed by atoms with Crippen molar-refractivity contribution in [3.05, 3.63) is 10.0 Å². The highest BCUT2D eigenvalue weighted by molar-refractivity contribution is 7.16. The zero-order valence-electron chi connectivity index (χ0n) is 10.4. The van der Waals surface area contributed by atoms with Crippen LogP contribution in [0.1, 0.15) is 25.1 Å². The van der Waals surface area contributed by atoms with Crippen LogP contribution in [0.25, 0.3) is 0 Å². The molecule has 0 aromatic carbocycles. The van der Waals surface area contributed by atoms with Gasteiger partial charge in [0.2, 0.25) is 0 Å². The first-order valence-corrected chi connectivity index (χ1v) is 6.85. The molecule has 0 bridgehead atoms. The molecule has 0 saturated carbocycles. The standard InChI is InChI=1S/C11H19ClN2O2S/c1-4-8(2)14(5-6-16-3)11-13-10(12)9(7-15)17-11/h8,15H,4-7H2,1-3H3. The van der Waals surface area contributed by atoms with E-state index in [9.17, 15) is 0 Å². The molecule has 0 aliphatic carbocycles. The summed E-state index contributed by atoms with van der Waals surface area (Å²) in [6, 6.07) is 0.374. The van der Waals surface area contributed by atoms with Crippen molar-refractivity contribution in [2.45, 2.75) is 32.9 Å². The maximum atomic E-state index is 9.13. The molecule has 6 heteroatoms. The van der Waals surface area contributed by atoms with E-state index in [4.69, 9.17) is 21.4 Å². The van der Waals surface area contributed by atoms with E-state index in [2.05, 4.69) is 23.7 Å². The number of hydrogen-bond acceptors (Lipinski definition) is 5. The molecule has 1 heterocycles. The first-order valence-electron chi connectivity index (χ1n) is 5.65. The minimum atomic E-state index is -0.0604. The molecule has 0 saturated heterocycles. The molecule has 0 spiro atoms. The number of aliphatic hydroxyl groups excluding tert-OH is 1. The molecule has 1 atom stereocenters. The highest BCUT2D eigenvalue weighted by Crippen LogP contribution is 2.31. The fraction of sp³-hybridized carbons (Fsp3) is 0.727. The number of anilines is 1. The molecule has 0 radical (unpaired) electrons. The number of rotatable bonds is 7. The second kappa shape index (κ2) is 7.16. The number of methoxy groups -OCH3 is 1. The Bertz CT molecular complexity index is 346. The van der Waals surface area contributed by atoms with Gasteiger partial charge in [-0.1, -0.05) is 29.9 Å². The van der Waals surface area contributed by atoms with Crippen LogP contribution in [-0.4, -0.2) is 36.4 Å². The van der Waals surface area contributed by atoms with Crippen LogP contribution < -0.4 is 4.90 Å². The summed E-state index contributed by atoms with van der Waals surface area (Å²) in [6.45, 7) is 5.64. The fourth-order valence-corrected chi connectivity index (χ4v) is 2.70. The van der Waals surface area contributed by atoms with E-state index in [0.29, 0.717) is 22.7 Å². The Balaban J connectivity index is 2.87. The second-order valence-electron chi connectivity index (χ2n) is 3.81. The van der Waals surface area contributed by atoms with Crippen molar-refractivity contribution >= 4 is 28.1 Å². The summed E-state index contributed by atoms with van der Waals surface area (Å²) in [5, 5.41) is 10.4. The Morgan fingerprint density at radius 3 is 2.76 bits per heavy atom. The predicted molar refractivity (Wildman–Crippen MR) is 72.0 cm³/mol. The Morgan fingerprint density at radius 1 is 1.59 bits per heavy atom. The zero-order chi connectivity index (χ0) is 12.8. The van der Waals surface area contributed by atoms with Crippen LogP contribution in [0.3, 0.4) is 0 Å². The highest BCUT2D eigenvalue weighted by Gasteiger charge is 2.18. The lowest BCUT2D eigenvalue weighted by molar-refractivity contribution is 0.203. The number of thiazole rings is 1. The Morgan fingerprint density at radius 2 is 2.29 bits per heavy atom. The smallest absolute Gasteiger partial charge is 0.187 e. The molecular weight excluding hydrogens is 260 g/mol. The number of aromatic nitrogens is 1. The van der Waals surface area contributed by atoms with Gasteiger partial charge in [-0.3, -0.25) is 0 Å². The van der Waals surface area contributed by atoms with Crippen LogP contribution in [0.5, 0.6) is 0 Å². The fourth-order valence-electron chi connectivity index (χ4n) is 1.46. The van der Waals surface area contributed by atoms with Crippen molar-refractivity contribution in [2.75, 3.05) is 25.2 Å². The molecule has 0 aliphatic rings. The first-order chi connectivity index (χ1) is 8.13. The molecule has 1 aromatic heterocycles. The maximum Gasteiger partial charge on any atom is 0.187 e. The van der Waals surface area contributed by atoms with Gasteiger partial charge in [-0.05, 0) is 13.3 Å². The van der Waals surface area contributed by atoms with Crippen molar-refractivity contribution in [3.8, 4) is 0 Å². The minimum absolute atomic E-state index is 0.0604. The van der Waals surface area contributed by atoms with Gasteiger partial charge in [0.15, 0.2) is 5.13 Å². The predicted octanol–water partition coefficient (Wildman–Crippen LogP) is 2.54. The third kappa shape index (κ3) is 3.81. The lowest BCUT2D eigenvalue weighted by Crippen LogP contribution is -2.35. The van der Waals surface area contributed by atoms with Gasteiger partial charge >= 0.3 is 0 Å². The highest BCUT2D eigenvalue weighted by atomic mass is 35.5. The first kappa shape index (κ1) is 14.7. The van der Waals surface area contributed by atoms with Gasteiger partial charge in [-0.2, -0.15) is 0 Å². The summed E-state index contributed by atoms with van der Waals surface area (Å²) in [5.74, 6) is 0. The summed E-state index contributed by atoms with van der Waals surface area (Å²) in [6.07, 6.45) is 1.02. The zero-order valence-corrected chi connectivity index (χ0v) is 12.0. The number of ether oxygens (including phenoxy) is 1. The lowest BCUT2D eigenvalue weighted by Gasteiger charge is -2.27. The number of halogens is 1. The molecule has 0 aliphatic heterocycles. The second-order valence-corrected chi connectivity index (χ2v) is 5.23. The molecule has 98 valence electrons. The van der Waals surface area contributed by atoms with Crippen molar-refractivity contribution in [3.63, 3.8) is 0 Å². The summed E-state index contributed by atoms with van der Waals surface area (Å²) in [4.78, 5) is 7.18. The van der Waals surface area contributed by atoms with Crippen molar-refractivity contribution in [1.82, 2.24) is 4.98 Å². The molecule has 17 heavy (non-hydrogen) atoms. The van der Waals surface area contributed by atoms with E-state index < -0.39 is 0 Å². The summed E-state index contributed by atoms with van der Waals surface area (Å²) < 4.78 is 5.10. The monoisotopic (exact) mass is 278 g/mol. The van der Waals surface area contributed by atoms with Crippen molar-refractivity contribution in [2.24, 2.45) is 0 Å². The third-order valence-corrected chi connectivity index (χ3v) is 4.19. The van der Waals surface area contributed by atoms with E-state index in [0.717, 1.165) is 18.1 Å². The van der Waals surface area contributed by atoms with Gasteiger partial charge in [0.05, 0.1) is 18.1 Å². The summed E-state index contributed by atoms with van der Waals surface area (Å²) in [5.41, 5.74) is 0. The largest absolute Gasteiger partial charge is 0.391 e. The normalized spacial score (nSPS) is 12.8.